The van der Waals surface area contributed by atoms with E-state index in [0.29, 0.717) is 5.41 Å². The number of ether oxygens (including phenoxy) is 1. The van der Waals surface area contributed by atoms with Crippen LogP contribution >= 0.6 is 0 Å². The van der Waals surface area contributed by atoms with E-state index in [1.54, 1.807) is 7.11 Å². The Balaban J connectivity index is 2.19. The van der Waals surface area contributed by atoms with Gasteiger partial charge in [-0.2, -0.15) is 0 Å². The molecule has 0 spiro atoms. The van der Waals surface area contributed by atoms with Crippen LogP contribution in [0, 0.1) is 5.41 Å². The van der Waals surface area contributed by atoms with Gasteiger partial charge < -0.3 is 10.5 Å². The lowest BCUT2D eigenvalue weighted by Gasteiger charge is -2.34. The third kappa shape index (κ3) is 2.32. The van der Waals surface area contributed by atoms with E-state index in [1.165, 1.54) is 37.7 Å². The van der Waals surface area contributed by atoms with E-state index in [9.17, 15) is 0 Å². The van der Waals surface area contributed by atoms with Crippen molar-refractivity contribution < 1.29 is 4.74 Å². The van der Waals surface area contributed by atoms with Gasteiger partial charge in [0.05, 0.1) is 7.11 Å². The molecule has 94 valence electrons. The zero-order valence-corrected chi connectivity index (χ0v) is 10.9. The zero-order valence-electron chi connectivity index (χ0n) is 10.9. The van der Waals surface area contributed by atoms with Crippen molar-refractivity contribution in [1.29, 1.82) is 0 Å². The molecule has 1 atom stereocenters. The summed E-state index contributed by atoms with van der Waals surface area (Å²) in [5.74, 6) is 0.901. The molecule has 1 aromatic carbocycles. The van der Waals surface area contributed by atoms with Gasteiger partial charge in [-0.05, 0) is 42.4 Å². The molecular weight excluding hydrogens is 210 g/mol. The summed E-state index contributed by atoms with van der Waals surface area (Å²) in [6, 6.07) is 8.40. The van der Waals surface area contributed by atoms with Crippen LogP contribution in [0.5, 0.6) is 5.75 Å². The number of hydrogen-bond acceptors (Lipinski definition) is 2. The van der Waals surface area contributed by atoms with Crippen molar-refractivity contribution in [2.45, 2.75) is 45.1 Å². The molecule has 2 rings (SSSR count). The lowest BCUT2D eigenvalue weighted by Crippen LogP contribution is -2.31. The maximum Gasteiger partial charge on any atom is 0.118 e. The Labute approximate surface area is 104 Å². The summed E-state index contributed by atoms with van der Waals surface area (Å²) in [5.41, 5.74) is 8.07. The van der Waals surface area contributed by atoms with Crippen molar-refractivity contribution in [3.05, 3.63) is 29.8 Å². The zero-order chi connectivity index (χ0) is 12.3. The average Bonchev–Trinajstić information content (AvgIpc) is 2.88. The van der Waals surface area contributed by atoms with E-state index in [2.05, 4.69) is 19.1 Å². The topological polar surface area (TPSA) is 35.2 Å². The summed E-state index contributed by atoms with van der Waals surface area (Å²) in [4.78, 5) is 0. The molecule has 2 heteroatoms. The van der Waals surface area contributed by atoms with Gasteiger partial charge in [-0.1, -0.05) is 31.9 Å². The summed E-state index contributed by atoms with van der Waals surface area (Å²) in [6.07, 6.45) is 6.39. The van der Waals surface area contributed by atoms with Crippen LogP contribution in [0.1, 0.15) is 50.6 Å². The molecule has 17 heavy (non-hydrogen) atoms. The minimum atomic E-state index is 0.168. The molecule has 2 N–H and O–H groups in total. The van der Waals surface area contributed by atoms with E-state index < -0.39 is 0 Å². The summed E-state index contributed by atoms with van der Waals surface area (Å²) < 4.78 is 5.19. The molecule has 1 aliphatic carbocycles. The second kappa shape index (κ2) is 5.09. The van der Waals surface area contributed by atoms with Gasteiger partial charge in [0.15, 0.2) is 0 Å². The quantitative estimate of drug-likeness (QED) is 0.861. The molecule has 0 radical (unpaired) electrons. The maximum absolute atomic E-state index is 6.50. The van der Waals surface area contributed by atoms with Crippen molar-refractivity contribution >= 4 is 0 Å². The van der Waals surface area contributed by atoms with E-state index in [1.807, 2.05) is 12.1 Å². The van der Waals surface area contributed by atoms with Crippen LogP contribution in [0.4, 0.5) is 0 Å². The minimum Gasteiger partial charge on any atom is -0.497 e. The van der Waals surface area contributed by atoms with Crippen LogP contribution in [-0.4, -0.2) is 7.11 Å². The van der Waals surface area contributed by atoms with Gasteiger partial charge in [0.1, 0.15) is 5.75 Å². The van der Waals surface area contributed by atoms with Gasteiger partial charge in [0.2, 0.25) is 0 Å². The van der Waals surface area contributed by atoms with Crippen LogP contribution in [0.2, 0.25) is 0 Å². The highest BCUT2D eigenvalue weighted by Crippen LogP contribution is 2.48. The fraction of sp³-hybridized carbons (Fsp3) is 0.600. The largest absolute Gasteiger partial charge is 0.497 e. The predicted molar refractivity (Wildman–Crippen MR) is 71.1 cm³/mol. The summed E-state index contributed by atoms with van der Waals surface area (Å²) in [5, 5.41) is 0. The van der Waals surface area contributed by atoms with Gasteiger partial charge in [-0.15, -0.1) is 0 Å². The molecule has 0 heterocycles. The highest BCUT2D eigenvalue weighted by atomic mass is 16.5. The average molecular weight is 233 g/mol. The first-order valence-corrected chi connectivity index (χ1v) is 6.61. The van der Waals surface area contributed by atoms with Crippen molar-refractivity contribution in [3.8, 4) is 5.75 Å². The molecular formula is C15H23NO. The summed E-state index contributed by atoms with van der Waals surface area (Å²) in [6.45, 7) is 2.27. The molecule has 0 amide bonds. The standard InChI is InChI=1S/C15H23NO/c1-3-15(10-4-5-11-15)14(16)12-6-8-13(17-2)9-7-12/h6-9,14H,3-5,10-11,16H2,1-2H3. The lowest BCUT2D eigenvalue weighted by atomic mass is 9.74. The predicted octanol–water partition coefficient (Wildman–Crippen LogP) is 3.67. The molecule has 0 aromatic heterocycles. The summed E-state index contributed by atoms with van der Waals surface area (Å²) in [7, 11) is 1.69. The SMILES string of the molecule is CCC1(C(N)c2ccc(OC)cc2)CCCC1. The third-order valence-electron chi connectivity index (χ3n) is 4.44. The smallest absolute Gasteiger partial charge is 0.118 e. The van der Waals surface area contributed by atoms with Crippen molar-refractivity contribution in [2.75, 3.05) is 7.11 Å². The Morgan fingerprint density at radius 3 is 2.29 bits per heavy atom. The van der Waals surface area contributed by atoms with Crippen LogP contribution < -0.4 is 10.5 Å². The molecule has 0 saturated heterocycles. The Morgan fingerprint density at radius 1 is 1.24 bits per heavy atom. The van der Waals surface area contributed by atoms with E-state index >= 15 is 0 Å². The Morgan fingerprint density at radius 2 is 1.82 bits per heavy atom. The molecule has 2 nitrogen and oxygen atoms in total. The summed E-state index contributed by atoms with van der Waals surface area (Å²) >= 11 is 0. The normalized spacial score (nSPS) is 20.2. The van der Waals surface area contributed by atoms with Gasteiger partial charge in [0, 0.05) is 6.04 Å². The Hall–Kier alpha value is -1.02. The Kier molecular flexibility index (Phi) is 3.72. The molecule has 1 saturated carbocycles. The monoisotopic (exact) mass is 233 g/mol. The van der Waals surface area contributed by atoms with E-state index in [-0.39, 0.29) is 6.04 Å². The highest BCUT2D eigenvalue weighted by Gasteiger charge is 2.38. The van der Waals surface area contributed by atoms with Crippen molar-refractivity contribution in [2.24, 2.45) is 11.1 Å². The molecule has 1 unspecified atom stereocenters. The molecule has 1 fully saturated rings. The number of benzene rings is 1. The second-order valence-electron chi connectivity index (χ2n) is 5.17. The van der Waals surface area contributed by atoms with Crippen molar-refractivity contribution in [1.82, 2.24) is 0 Å². The number of nitrogens with two attached hydrogens (primary N) is 1. The first-order valence-electron chi connectivity index (χ1n) is 6.61. The number of methoxy groups -OCH3 is 1. The second-order valence-corrected chi connectivity index (χ2v) is 5.17. The molecule has 1 aromatic rings. The maximum atomic E-state index is 6.50. The van der Waals surface area contributed by atoms with Gasteiger partial charge in [-0.25, -0.2) is 0 Å². The number of hydrogen-bond donors (Lipinski definition) is 1. The van der Waals surface area contributed by atoms with E-state index in [4.69, 9.17) is 10.5 Å². The van der Waals surface area contributed by atoms with Crippen LogP contribution in [-0.2, 0) is 0 Å². The fourth-order valence-electron chi connectivity index (χ4n) is 3.13. The molecule has 0 bridgehead atoms. The number of rotatable bonds is 4. The van der Waals surface area contributed by atoms with Gasteiger partial charge >= 0.3 is 0 Å². The van der Waals surface area contributed by atoms with Gasteiger partial charge in [0.25, 0.3) is 0 Å². The lowest BCUT2D eigenvalue weighted by molar-refractivity contribution is 0.222. The first-order chi connectivity index (χ1) is 8.22. The molecule has 1 aliphatic rings. The minimum absolute atomic E-state index is 0.168. The van der Waals surface area contributed by atoms with Crippen molar-refractivity contribution in [3.63, 3.8) is 0 Å². The fourth-order valence-corrected chi connectivity index (χ4v) is 3.13. The van der Waals surface area contributed by atoms with Crippen LogP contribution in [0.25, 0.3) is 0 Å². The Bertz CT molecular complexity index is 352. The third-order valence-corrected chi connectivity index (χ3v) is 4.44. The first kappa shape index (κ1) is 12.4. The molecule has 0 aliphatic heterocycles. The van der Waals surface area contributed by atoms with Crippen LogP contribution in [0.3, 0.4) is 0 Å². The highest BCUT2D eigenvalue weighted by molar-refractivity contribution is 5.30. The van der Waals surface area contributed by atoms with Gasteiger partial charge in [-0.3, -0.25) is 0 Å². The van der Waals surface area contributed by atoms with Crippen LogP contribution in [0.15, 0.2) is 24.3 Å². The van der Waals surface area contributed by atoms with E-state index in [0.717, 1.165) is 5.75 Å².